The van der Waals surface area contributed by atoms with Crippen LogP contribution in [0.25, 0.3) is 50.0 Å². The van der Waals surface area contributed by atoms with Crippen molar-refractivity contribution in [1.29, 1.82) is 0 Å². The van der Waals surface area contributed by atoms with Gasteiger partial charge in [0.05, 0.1) is 11.0 Å². The van der Waals surface area contributed by atoms with Crippen molar-refractivity contribution >= 4 is 27.5 Å². The molecule has 0 aliphatic heterocycles. The van der Waals surface area contributed by atoms with Crippen molar-refractivity contribution in [2.24, 2.45) is 0 Å². The first-order chi connectivity index (χ1) is 19.0. The maximum atomic E-state index is 4.84. The summed E-state index contributed by atoms with van der Waals surface area (Å²) in [6, 6.07) is 33.2. The van der Waals surface area contributed by atoms with E-state index < -0.39 is 0 Å². The fraction of sp³-hybridized carbons (Fsp3) is 0.114. The van der Waals surface area contributed by atoms with Crippen LogP contribution in [0, 0.1) is 39.8 Å². The van der Waals surface area contributed by atoms with Gasteiger partial charge in [-0.2, -0.15) is 0 Å². The summed E-state index contributed by atoms with van der Waals surface area (Å²) in [6.07, 6.45) is 5.91. The Bertz CT molecular complexity index is 1960. The second-order valence-corrected chi connectivity index (χ2v) is 9.91. The van der Waals surface area contributed by atoms with Crippen LogP contribution in [-0.4, -0.2) is 19.4 Å². The monoisotopic (exact) mass is 697 g/mol. The van der Waals surface area contributed by atoms with Crippen molar-refractivity contribution in [3.63, 3.8) is 0 Å². The van der Waals surface area contributed by atoms with Crippen LogP contribution in [0.5, 0.6) is 0 Å². The largest absolute Gasteiger partial charge is 0.304 e. The van der Waals surface area contributed by atoms with E-state index in [9.17, 15) is 0 Å². The van der Waals surface area contributed by atoms with Crippen molar-refractivity contribution in [1.82, 2.24) is 19.4 Å². The number of nitrogens with zero attached hydrogens (tertiary/aromatic N) is 4. The van der Waals surface area contributed by atoms with Gasteiger partial charge in [-0.05, 0) is 62.3 Å². The quantitative estimate of drug-likeness (QED) is 0.171. The number of pyridine rings is 3. The van der Waals surface area contributed by atoms with Crippen LogP contribution >= 0.6 is 0 Å². The molecule has 7 aromatic rings. The molecule has 5 heteroatoms. The summed E-state index contributed by atoms with van der Waals surface area (Å²) in [6.45, 7) is 8.36. The summed E-state index contributed by atoms with van der Waals surface area (Å²) in [4.78, 5) is 13.8. The number of imidazole rings is 1. The zero-order chi connectivity index (χ0) is 26.9. The molecule has 0 bridgehead atoms. The number of aromatic nitrogens is 4. The summed E-state index contributed by atoms with van der Waals surface area (Å²) in [5.41, 5.74) is 12.0. The van der Waals surface area contributed by atoms with Crippen LogP contribution in [0.4, 0.5) is 0 Å². The molecule has 4 heterocycles. The predicted octanol–water partition coefficient (Wildman–Crippen LogP) is 8.28. The SMILES string of the molecule is Cc1cnc(-c2[c-]cc3ccn4c5ccccc5nc4c3c2)cc1C.Cc1cnc(-c2[c-]cccc2)cc1C.[Ir]. The summed E-state index contributed by atoms with van der Waals surface area (Å²) in [7, 11) is 0. The molecule has 1 radical (unpaired) electrons. The van der Waals surface area contributed by atoms with E-state index in [1.54, 1.807) is 0 Å². The van der Waals surface area contributed by atoms with Crippen LogP contribution in [-0.2, 0) is 20.1 Å². The third kappa shape index (κ3) is 5.31. The number of rotatable bonds is 2. The van der Waals surface area contributed by atoms with Crippen molar-refractivity contribution < 1.29 is 20.1 Å². The van der Waals surface area contributed by atoms with E-state index in [1.165, 1.54) is 22.3 Å². The minimum absolute atomic E-state index is 0. The molecule has 0 fully saturated rings. The molecule has 199 valence electrons. The summed E-state index contributed by atoms with van der Waals surface area (Å²) in [5.74, 6) is 0. The normalized spacial score (nSPS) is 10.8. The minimum atomic E-state index is 0. The van der Waals surface area contributed by atoms with Crippen LogP contribution < -0.4 is 0 Å². The van der Waals surface area contributed by atoms with Crippen LogP contribution in [0.3, 0.4) is 0 Å². The topological polar surface area (TPSA) is 43.1 Å². The number of hydrogen-bond acceptors (Lipinski definition) is 3. The molecule has 3 aromatic carbocycles. The molecule has 0 aliphatic rings. The molecule has 4 nitrogen and oxygen atoms in total. The zero-order valence-electron chi connectivity index (χ0n) is 22.9. The van der Waals surface area contributed by atoms with Gasteiger partial charge in [0.2, 0.25) is 0 Å². The van der Waals surface area contributed by atoms with Crippen molar-refractivity contribution in [3.05, 3.63) is 132 Å². The number of para-hydroxylation sites is 2. The smallest absolute Gasteiger partial charge is 0.127 e. The molecule has 0 saturated heterocycles. The van der Waals surface area contributed by atoms with Gasteiger partial charge in [0.15, 0.2) is 0 Å². The summed E-state index contributed by atoms with van der Waals surface area (Å²) < 4.78 is 2.15. The number of hydrogen-bond donors (Lipinski definition) is 0. The molecule has 4 aromatic heterocycles. The molecular formula is C35H28IrN4-2. The Morgan fingerprint density at radius 3 is 2.02 bits per heavy atom. The minimum Gasteiger partial charge on any atom is -0.304 e. The fourth-order valence-electron chi connectivity index (χ4n) is 4.62. The third-order valence-corrected chi connectivity index (χ3v) is 7.23. The van der Waals surface area contributed by atoms with E-state index in [-0.39, 0.29) is 20.1 Å². The van der Waals surface area contributed by atoms with Crippen LogP contribution in [0.2, 0.25) is 0 Å². The van der Waals surface area contributed by atoms with Gasteiger partial charge in [-0.1, -0.05) is 52.2 Å². The van der Waals surface area contributed by atoms with Gasteiger partial charge in [0.25, 0.3) is 0 Å². The molecule has 0 amide bonds. The first-order valence-electron chi connectivity index (χ1n) is 13.0. The van der Waals surface area contributed by atoms with Crippen molar-refractivity contribution in [3.8, 4) is 22.5 Å². The van der Waals surface area contributed by atoms with Crippen molar-refractivity contribution in [2.75, 3.05) is 0 Å². The zero-order valence-corrected chi connectivity index (χ0v) is 25.3. The molecule has 0 saturated carbocycles. The molecule has 0 spiro atoms. The second-order valence-electron chi connectivity index (χ2n) is 9.91. The maximum Gasteiger partial charge on any atom is 0.127 e. The Morgan fingerprint density at radius 1 is 0.675 bits per heavy atom. The first kappa shape index (κ1) is 27.4. The molecule has 7 rings (SSSR count). The van der Waals surface area contributed by atoms with E-state index in [0.29, 0.717) is 0 Å². The van der Waals surface area contributed by atoms with E-state index in [0.717, 1.165) is 50.0 Å². The van der Waals surface area contributed by atoms with E-state index in [4.69, 9.17) is 4.98 Å². The Morgan fingerprint density at radius 2 is 1.35 bits per heavy atom. The van der Waals surface area contributed by atoms with Gasteiger partial charge in [-0.3, -0.25) is 0 Å². The van der Waals surface area contributed by atoms with Crippen LogP contribution in [0.1, 0.15) is 22.3 Å². The Hall–Kier alpha value is -4.18. The second kappa shape index (κ2) is 11.5. The Labute approximate surface area is 248 Å². The first-order valence-corrected chi connectivity index (χ1v) is 13.0. The Balaban J connectivity index is 0.000000184. The number of fused-ring (bicyclic) bond motifs is 5. The predicted molar refractivity (Wildman–Crippen MR) is 160 cm³/mol. The molecule has 0 atom stereocenters. The van der Waals surface area contributed by atoms with Gasteiger partial charge in [-0.25, -0.2) is 4.98 Å². The third-order valence-electron chi connectivity index (χ3n) is 7.23. The number of aryl methyl sites for hydroxylation is 4. The van der Waals surface area contributed by atoms with E-state index in [1.807, 2.05) is 54.9 Å². The molecule has 0 N–H and O–H groups in total. The van der Waals surface area contributed by atoms with Gasteiger partial charge < -0.3 is 14.4 Å². The molecule has 0 aliphatic carbocycles. The average Bonchev–Trinajstić information content (AvgIpc) is 3.36. The van der Waals surface area contributed by atoms with Gasteiger partial charge >= 0.3 is 0 Å². The van der Waals surface area contributed by atoms with E-state index >= 15 is 0 Å². The standard InChI is InChI=1S/C22H16N3.C13H12N.Ir/c1-14-11-20(23-13-15(14)2)17-8-7-16-9-10-25-21-6-4-3-5-19(21)24-22(25)18(16)12-17;1-10-8-13(14-9-11(10)2)12-6-4-3-5-7-12;/h3-7,9-13H,1-2H3;3-6,8-9H,1-2H3;/q2*-1;. The van der Waals surface area contributed by atoms with Gasteiger partial charge in [0, 0.05) is 38.7 Å². The maximum absolute atomic E-state index is 4.84. The van der Waals surface area contributed by atoms with Crippen molar-refractivity contribution in [2.45, 2.75) is 27.7 Å². The molecule has 0 unspecified atom stereocenters. The molecular weight excluding hydrogens is 669 g/mol. The summed E-state index contributed by atoms with van der Waals surface area (Å²) >= 11 is 0. The Kier molecular flexibility index (Phi) is 7.88. The molecule has 40 heavy (non-hydrogen) atoms. The van der Waals surface area contributed by atoms with Gasteiger partial charge in [-0.15, -0.1) is 59.7 Å². The fourth-order valence-corrected chi connectivity index (χ4v) is 4.62. The van der Waals surface area contributed by atoms with E-state index in [2.05, 4.69) is 96.8 Å². The van der Waals surface area contributed by atoms with Gasteiger partial charge in [0.1, 0.15) is 5.65 Å². The van der Waals surface area contributed by atoms with Crippen LogP contribution in [0.15, 0.2) is 97.5 Å². The summed E-state index contributed by atoms with van der Waals surface area (Å²) in [5, 5.41) is 2.25. The number of benzene rings is 3. The average molecular weight is 697 g/mol.